The van der Waals surface area contributed by atoms with Gasteiger partial charge in [-0.05, 0) is 56.2 Å². The fourth-order valence-electron chi connectivity index (χ4n) is 3.79. The Bertz CT molecular complexity index is 1360. The third kappa shape index (κ3) is 4.30. The molecule has 0 spiro atoms. The molecule has 1 N–H and O–H groups in total. The number of amides is 1. The van der Waals surface area contributed by atoms with E-state index >= 15 is 0 Å². The molecule has 1 amide bonds. The third-order valence-electron chi connectivity index (χ3n) is 5.56. The fraction of sp³-hybridized carbons (Fsp3) is 0.192. The van der Waals surface area contributed by atoms with Crippen molar-refractivity contribution in [2.45, 2.75) is 33.4 Å². The number of rotatable bonds is 5. The van der Waals surface area contributed by atoms with Crippen LogP contribution in [0.5, 0.6) is 0 Å². The van der Waals surface area contributed by atoms with E-state index in [-0.39, 0.29) is 29.9 Å². The molecule has 0 saturated carbocycles. The Morgan fingerprint density at radius 2 is 1.72 bits per heavy atom. The lowest BCUT2D eigenvalue weighted by Crippen LogP contribution is -2.35. The molecule has 0 aliphatic carbocycles. The van der Waals surface area contributed by atoms with E-state index in [9.17, 15) is 14.0 Å². The predicted octanol–water partition coefficient (Wildman–Crippen LogP) is 4.70. The van der Waals surface area contributed by atoms with Crippen molar-refractivity contribution < 1.29 is 9.18 Å². The van der Waals surface area contributed by atoms with E-state index in [1.165, 1.54) is 16.8 Å². The summed E-state index contributed by atoms with van der Waals surface area (Å²) in [6.07, 6.45) is 0. The molecule has 4 aromatic rings. The van der Waals surface area contributed by atoms with Crippen molar-refractivity contribution in [2.24, 2.45) is 0 Å². The second kappa shape index (κ2) is 8.75. The second-order valence-corrected chi connectivity index (χ2v) is 8.02. The summed E-state index contributed by atoms with van der Waals surface area (Å²) in [6, 6.07) is 19.0. The maximum absolute atomic E-state index is 13.2. The van der Waals surface area contributed by atoms with Gasteiger partial charge in [-0.25, -0.2) is 9.07 Å². The van der Waals surface area contributed by atoms with Crippen LogP contribution < -0.4 is 10.9 Å². The Morgan fingerprint density at radius 1 is 1.03 bits per heavy atom. The summed E-state index contributed by atoms with van der Waals surface area (Å²) in [7, 11) is 0. The average Bonchev–Trinajstić information content (AvgIpc) is 2.78. The van der Waals surface area contributed by atoms with Gasteiger partial charge in [-0.1, -0.05) is 48.0 Å². The molecule has 4 rings (SSSR count). The summed E-state index contributed by atoms with van der Waals surface area (Å²) in [5, 5.41) is 8.72. The van der Waals surface area contributed by atoms with Crippen LogP contribution in [-0.4, -0.2) is 15.7 Å². The number of aryl methyl sites for hydroxylation is 2. The van der Waals surface area contributed by atoms with Gasteiger partial charge in [0.15, 0.2) is 0 Å². The molecule has 1 aromatic heterocycles. The molecule has 0 aliphatic heterocycles. The minimum atomic E-state index is -0.348. The summed E-state index contributed by atoms with van der Waals surface area (Å²) in [5.41, 5.74) is 4.16. The number of nitrogens with zero attached hydrogens (tertiary/aromatic N) is 2. The number of aromatic nitrogens is 2. The van der Waals surface area contributed by atoms with E-state index in [4.69, 9.17) is 0 Å². The summed E-state index contributed by atoms with van der Waals surface area (Å²) in [4.78, 5) is 25.8. The Balaban J connectivity index is 1.70. The van der Waals surface area contributed by atoms with Crippen molar-refractivity contribution in [2.75, 3.05) is 0 Å². The van der Waals surface area contributed by atoms with Crippen LogP contribution in [0.25, 0.3) is 22.0 Å². The topological polar surface area (TPSA) is 64.0 Å². The van der Waals surface area contributed by atoms with Crippen LogP contribution in [0.1, 0.15) is 29.7 Å². The number of nitrogens with one attached hydrogen (secondary N) is 1. The second-order valence-electron chi connectivity index (χ2n) is 8.02. The molecule has 0 bridgehead atoms. The molecule has 32 heavy (non-hydrogen) atoms. The van der Waals surface area contributed by atoms with Gasteiger partial charge < -0.3 is 5.32 Å². The average molecular weight is 429 g/mol. The highest BCUT2D eigenvalue weighted by molar-refractivity contribution is 5.94. The number of benzene rings is 3. The molecule has 1 atom stereocenters. The van der Waals surface area contributed by atoms with Crippen LogP contribution in [0, 0.1) is 19.7 Å². The van der Waals surface area contributed by atoms with E-state index < -0.39 is 0 Å². The molecule has 0 fully saturated rings. The summed E-state index contributed by atoms with van der Waals surface area (Å²) in [5.74, 6) is -0.684. The van der Waals surface area contributed by atoms with Gasteiger partial charge in [-0.3, -0.25) is 9.59 Å². The highest BCUT2D eigenvalue weighted by Gasteiger charge is 2.17. The van der Waals surface area contributed by atoms with Gasteiger partial charge in [0.05, 0.1) is 17.1 Å². The van der Waals surface area contributed by atoms with E-state index in [0.29, 0.717) is 11.1 Å². The van der Waals surface area contributed by atoms with Crippen LogP contribution in [-0.2, 0) is 11.3 Å². The van der Waals surface area contributed by atoms with Gasteiger partial charge in [0, 0.05) is 10.9 Å². The van der Waals surface area contributed by atoms with Crippen molar-refractivity contribution >= 4 is 16.7 Å². The van der Waals surface area contributed by atoms with Gasteiger partial charge >= 0.3 is 0 Å². The molecule has 5 nitrogen and oxygen atoms in total. The largest absolute Gasteiger partial charge is 0.348 e. The fourth-order valence-corrected chi connectivity index (χ4v) is 3.79. The minimum absolute atomic E-state index is 0.215. The third-order valence-corrected chi connectivity index (χ3v) is 5.56. The lowest BCUT2D eigenvalue weighted by atomic mass is 9.99. The van der Waals surface area contributed by atoms with Gasteiger partial charge in [-0.15, -0.1) is 0 Å². The van der Waals surface area contributed by atoms with Gasteiger partial charge in [0.2, 0.25) is 5.91 Å². The Kier molecular flexibility index (Phi) is 5.86. The lowest BCUT2D eigenvalue weighted by molar-refractivity contribution is -0.122. The quantitative estimate of drug-likeness (QED) is 0.500. The van der Waals surface area contributed by atoms with Crippen molar-refractivity contribution in [3.05, 3.63) is 99.6 Å². The molecule has 0 radical (unpaired) electrons. The molecule has 0 aliphatic rings. The van der Waals surface area contributed by atoms with Crippen molar-refractivity contribution in [3.63, 3.8) is 0 Å². The van der Waals surface area contributed by atoms with Crippen molar-refractivity contribution in [3.8, 4) is 11.3 Å². The zero-order valence-electron chi connectivity index (χ0n) is 18.2. The lowest BCUT2D eigenvalue weighted by Gasteiger charge is -2.16. The molecule has 1 heterocycles. The van der Waals surface area contributed by atoms with Crippen LogP contribution in [0.15, 0.2) is 71.5 Å². The smallest absolute Gasteiger partial charge is 0.275 e. The van der Waals surface area contributed by atoms with Crippen molar-refractivity contribution in [1.82, 2.24) is 15.1 Å². The molecular weight excluding hydrogens is 405 g/mol. The zero-order chi connectivity index (χ0) is 22.8. The van der Waals surface area contributed by atoms with Crippen molar-refractivity contribution in [1.29, 1.82) is 0 Å². The first-order chi connectivity index (χ1) is 15.3. The summed E-state index contributed by atoms with van der Waals surface area (Å²) >= 11 is 0. The van der Waals surface area contributed by atoms with Crippen LogP contribution in [0.2, 0.25) is 0 Å². The molecule has 1 unspecified atom stereocenters. The normalized spacial score (nSPS) is 12.0. The number of halogens is 1. The SMILES string of the molecule is Cc1ccc(C)c(-c2nn(CC(=O)NC(C)c3ccc(F)cc3)c(=O)c3ccccc23)c1. The first-order valence-electron chi connectivity index (χ1n) is 10.5. The number of fused-ring (bicyclic) bond motifs is 1. The van der Waals surface area contributed by atoms with E-state index in [1.54, 1.807) is 24.3 Å². The molecule has 6 heteroatoms. The summed E-state index contributed by atoms with van der Waals surface area (Å²) in [6.45, 7) is 5.60. The van der Waals surface area contributed by atoms with Gasteiger partial charge in [0.1, 0.15) is 12.4 Å². The molecule has 162 valence electrons. The van der Waals surface area contributed by atoms with Crippen LogP contribution >= 0.6 is 0 Å². The number of hydrogen-bond acceptors (Lipinski definition) is 3. The van der Waals surface area contributed by atoms with Crippen LogP contribution in [0.3, 0.4) is 0 Å². The molecular formula is C26H24FN3O2. The monoisotopic (exact) mass is 429 g/mol. The summed E-state index contributed by atoms with van der Waals surface area (Å²) < 4.78 is 14.4. The molecule has 3 aromatic carbocycles. The number of carbonyl (C=O) groups is 1. The number of carbonyl (C=O) groups excluding carboxylic acids is 1. The first-order valence-corrected chi connectivity index (χ1v) is 10.5. The Morgan fingerprint density at radius 3 is 2.44 bits per heavy atom. The standard InChI is InChI=1S/C26H24FN3O2/c1-16-8-9-17(2)23(14-16)25-21-6-4-5-7-22(21)26(32)30(29-25)15-24(31)28-18(3)19-10-12-20(27)13-11-19/h4-14,18H,15H2,1-3H3,(H,28,31). The van der Waals surface area contributed by atoms with Crippen LogP contribution in [0.4, 0.5) is 4.39 Å². The van der Waals surface area contributed by atoms with E-state index in [2.05, 4.69) is 10.4 Å². The predicted molar refractivity (Wildman–Crippen MR) is 124 cm³/mol. The van der Waals surface area contributed by atoms with Gasteiger partial charge in [0.25, 0.3) is 5.56 Å². The minimum Gasteiger partial charge on any atom is -0.348 e. The Labute approximate surface area is 185 Å². The molecule has 0 saturated heterocycles. The van der Waals surface area contributed by atoms with E-state index in [0.717, 1.165) is 27.6 Å². The first kappa shape index (κ1) is 21.4. The van der Waals surface area contributed by atoms with E-state index in [1.807, 2.05) is 51.1 Å². The highest BCUT2D eigenvalue weighted by atomic mass is 19.1. The maximum atomic E-state index is 13.2. The maximum Gasteiger partial charge on any atom is 0.275 e. The zero-order valence-corrected chi connectivity index (χ0v) is 18.2. The number of hydrogen-bond donors (Lipinski definition) is 1. The van der Waals surface area contributed by atoms with Gasteiger partial charge in [-0.2, -0.15) is 5.10 Å². The Hall–Kier alpha value is -3.80. The highest BCUT2D eigenvalue weighted by Crippen LogP contribution is 2.28.